The molecule has 1 aromatic heterocycles. The standard InChI is InChI=1S/C3H4N5O.CH3.V/c1-2(9)4-3-5-7-8-6-3;;/h1H2,(H2,4,5,6,7,8,9);1H3;/q2*-1;+2. The molecule has 7 heteroatoms. The molecule has 0 aromatic carbocycles. The smallest absolute Gasteiger partial charge is 0.358 e. The minimum absolute atomic E-state index is 0. The summed E-state index contributed by atoms with van der Waals surface area (Å²) >= 11 is 0. The monoisotopic (exact) mass is 192 g/mol. The molecule has 0 aliphatic heterocycles. The van der Waals surface area contributed by atoms with Crippen molar-refractivity contribution < 1.29 is 23.4 Å². The predicted molar refractivity (Wildman–Crippen MR) is 34.6 cm³/mol. The number of tetrazole rings is 1. The minimum atomic E-state index is -0.462. The fourth-order valence-electron chi connectivity index (χ4n) is 0.339. The van der Waals surface area contributed by atoms with Crippen LogP contribution in [0, 0.1) is 14.4 Å². The van der Waals surface area contributed by atoms with Crippen molar-refractivity contribution in [2.45, 2.75) is 0 Å². The maximum atomic E-state index is 10.2. The average Bonchev–Trinajstić information content (AvgIpc) is 2.15. The van der Waals surface area contributed by atoms with Crippen LogP contribution >= 0.6 is 0 Å². The van der Waals surface area contributed by atoms with Crippen LogP contribution in [-0.2, 0) is 23.4 Å². The van der Waals surface area contributed by atoms with Gasteiger partial charge in [0.1, 0.15) is 0 Å². The van der Waals surface area contributed by atoms with E-state index < -0.39 is 5.91 Å². The normalized spacial score (nSPS) is 7.27. The van der Waals surface area contributed by atoms with Crippen LogP contribution < -0.4 is 5.32 Å². The topological polar surface area (TPSA) is 83.6 Å². The summed E-state index contributed by atoms with van der Waals surface area (Å²) in [6.07, 6.45) is 0. The zero-order valence-corrected chi connectivity index (χ0v) is 7.30. The second-order valence-corrected chi connectivity index (χ2v) is 1.28. The van der Waals surface area contributed by atoms with Crippen LogP contribution in [0.4, 0.5) is 5.95 Å². The molecule has 1 aromatic rings. The van der Waals surface area contributed by atoms with Crippen molar-refractivity contribution >= 4 is 11.9 Å². The third-order valence-electron chi connectivity index (χ3n) is 0.597. The van der Waals surface area contributed by atoms with Crippen LogP contribution in [0.1, 0.15) is 0 Å². The number of nitrogens with one attached hydrogen (secondary N) is 2. The van der Waals surface area contributed by atoms with Gasteiger partial charge in [-0.15, -0.1) is 5.10 Å². The first-order chi connectivity index (χ1) is 4.29. The molecule has 0 unspecified atom stereocenters. The number of H-pyrrole nitrogens is 1. The van der Waals surface area contributed by atoms with E-state index >= 15 is 0 Å². The van der Waals surface area contributed by atoms with Gasteiger partial charge in [0.25, 0.3) is 5.95 Å². The van der Waals surface area contributed by atoms with E-state index in [0.717, 1.165) is 0 Å². The number of amides is 1. The summed E-state index contributed by atoms with van der Waals surface area (Å²) in [7, 11) is 0. The van der Waals surface area contributed by atoms with Gasteiger partial charge in [-0.05, 0) is 5.21 Å². The van der Waals surface area contributed by atoms with Crippen molar-refractivity contribution in [1.29, 1.82) is 0 Å². The first-order valence-corrected chi connectivity index (χ1v) is 2.15. The second kappa shape index (κ2) is 5.75. The number of hydrogen-bond acceptors (Lipinski definition) is 4. The Balaban J connectivity index is 0. The van der Waals surface area contributed by atoms with E-state index in [2.05, 4.69) is 32.9 Å². The van der Waals surface area contributed by atoms with Crippen molar-refractivity contribution in [3.63, 3.8) is 0 Å². The third-order valence-corrected chi connectivity index (χ3v) is 0.597. The number of aromatic nitrogens is 4. The van der Waals surface area contributed by atoms with Gasteiger partial charge in [-0.25, -0.2) is 0 Å². The van der Waals surface area contributed by atoms with Crippen LogP contribution in [0.15, 0.2) is 0 Å². The minimum Gasteiger partial charge on any atom is -0.358 e. The molecule has 1 amide bonds. The molecule has 0 bridgehead atoms. The molecule has 1 rings (SSSR count). The van der Waals surface area contributed by atoms with E-state index in [1.807, 2.05) is 0 Å². The van der Waals surface area contributed by atoms with Crippen LogP contribution in [0.25, 0.3) is 0 Å². The summed E-state index contributed by atoms with van der Waals surface area (Å²) in [6, 6.07) is 0. The summed E-state index contributed by atoms with van der Waals surface area (Å²) in [6.45, 7) is 3.04. The summed E-state index contributed by atoms with van der Waals surface area (Å²) in [5.41, 5.74) is 0. The Morgan fingerprint density at radius 1 is 1.64 bits per heavy atom. The molecule has 1 heterocycles. The molecule has 0 aliphatic carbocycles. The molecule has 0 saturated heterocycles. The summed E-state index contributed by atoms with van der Waals surface area (Å²) in [5.74, 6) is -0.327. The van der Waals surface area contributed by atoms with E-state index in [-0.39, 0.29) is 31.9 Å². The molecule has 6 nitrogen and oxygen atoms in total. The molecular weight excluding hydrogens is 185 g/mol. The number of hydrogen-bond donors (Lipinski definition) is 2. The van der Waals surface area contributed by atoms with Gasteiger partial charge in [0, 0.05) is 0 Å². The predicted octanol–water partition coefficient (Wildman–Crippen LogP) is -0.580. The Morgan fingerprint density at radius 3 is 2.64 bits per heavy atom. The van der Waals surface area contributed by atoms with Crippen LogP contribution in [0.2, 0.25) is 0 Å². The van der Waals surface area contributed by atoms with E-state index in [9.17, 15) is 4.79 Å². The molecule has 0 atom stereocenters. The molecule has 0 fully saturated rings. The van der Waals surface area contributed by atoms with Crippen molar-refractivity contribution in [1.82, 2.24) is 20.6 Å². The van der Waals surface area contributed by atoms with E-state index in [1.165, 1.54) is 0 Å². The first-order valence-electron chi connectivity index (χ1n) is 2.15. The fourth-order valence-corrected chi connectivity index (χ4v) is 0.339. The number of anilines is 1. The van der Waals surface area contributed by atoms with Gasteiger partial charge in [-0.3, -0.25) is 0 Å². The molecule has 11 heavy (non-hydrogen) atoms. The van der Waals surface area contributed by atoms with E-state index in [4.69, 9.17) is 0 Å². The molecule has 0 saturated carbocycles. The van der Waals surface area contributed by atoms with Crippen LogP contribution in [0.5, 0.6) is 0 Å². The van der Waals surface area contributed by atoms with Gasteiger partial charge in [-0.1, -0.05) is 5.10 Å². The number of aromatic amines is 1. The van der Waals surface area contributed by atoms with Crippen LogP contribution in [0.3, 0.4) is 0 Å². The van der Waals surface area contributed by atoms with Gasteiger partial charge in [0.15, 0.2) is 0 Å². The van der Waals surface area contributed by atoms with Gasteiger partial charge in [0.05, 0.1) is 5.91 Å². The molecule has 1 radical (unpaired) electrons. The van der Waals surface area contributed by atoms with Gasteiger partial charge in [0.2, 0.25) is 0 Å². The van der Waals surface area contributed by atoms with Crippen molar-refractivity contribution in [3.8, 4) is 0 Å². The summed E-state index contributed by atoms with van der Waals surface area (Å²) < 4.78 is 0. The summed E-state index contributed by atoms with van der Waals surface area (Å²) in [4.78, 5) is 10.2. The second-order valence-electron chi connectivity index (χ2n) is 1.28. The summed E-state index contributed by atoms with van der Waals surface area (Å²) in [5, 5.41) is 14.5. The van der Waals surface area contributed by atoms with Gasteiger partial charge < -0.3 is 24.5 Å². The Morgan fingerprint density at radius 2 is 2.27 bits per heavy atom. The van der Waals surface area contributed by atoms with E-state index in [1.54, 1.807) is 0 Å². The molecule has 0 aliphatic rings. The first kappa shape index (κ1) is 12.7. The Kier molecular flexibility index (Phi) is 6.62. The average molecular weight is 192 g/mol. The number of rotatable bonds is 1. The molecule has 2 N–H and O–H groups in total. The van der Waals surface area contributed by atoms with Crippen molar-refractivity contribution in [3.05, 3.63) is 14.4 Å². The largest absolute Gasteiger partial charge is 2.00 e. The molecule has 59 valence electrons. The maximum absolute atomic E-state index is 10.2. The number of carbonyl (C=O) groups excluding carboxylic acids is 1. The molecule has 0 spiro atoms. The maximum Gasteiger partial charge on any atom is 2.00 e. The van der Waals surface area contributed by atoms with Crippen molar-refractivity contribution in [2.75, 3.05) is 5.32 Å². The Bertz CT molecular complexity index is 198. The zero-order valence-electron chi connectivity index (χ0n) is 5.90. The number of carbonyl (C=O) groups is 1. The quantitative estimate of drug-likeness (QED) is 0.583. The number of nitrogens with zero attached hydrogens (tertiary/aromatic N) is 3. The fraction of sp³-hybridized carbons (Fsp3) is 0. The van der Waals surface area contributed by atoms with Crippen LogP contribution in [-0.4, -0.2) is 26.5 Å². The van der Waals surface area contributed by atoms with Gasteiger partial charge in [-0.2, -0.15) is 5.21 Å². The van der Waals surface area contributed by atoms with Gasteiger partial charge >= 0.3 is 18.6 Å². The molecular formula is C4H7N5OV. The zero-order chi connectivity index (χ0) is 6.69. The Labute approximate surface area is 76.0 Å². The van der Waals surface area contributed by atoms with E-state index in [0.29, 0.717) is 0 Å². The van der Waals surface area contributed by atoms with Crippen molar-refractivity contribution in [2.24, 2.45) is 0 Å². The Hall–Kier alpha value is -1.01. The third kappa shape index (κ3) is 4.41. The SMILES string of the molecule is [CH2-]C(=O)Nc1nn[nH]n1.[CH3-].[V+2].